The van der Waals surface area contributed by atoms with Gasteiger partial charge in [-0.15, -0.1) is 0 Å². The zero-order valence-electron chi connectivity index (χ0n) is 22.4. The molecule has 1 aliphatic carbocycles. The van der Waals surface area contributed by atoms with E-state index < -0.39 is 11.9 Å². The average Bonchev–Trinajstić information content (AvgIpc) is 3.14. The zero-order chi connectivity index (χ0) is 27.0. The molecule has 3 N–H and O–H groups in total. The number of carbonyl (C=O) groups is 3. The highest BCUT2D eigenvalue weighted by Gasteiger charge is 2.32. The van der Waals surface area contributed by atoms with Crippen LogP contribution in [0.15, 0.2) is 23.0 Å². The summed E-state index contributed by atoms with van der Waals surface area (Å²) in [5, 5.41) is 2.35. The Labute approximate surface area is 222 Å². The molecule has 5 rings (SSSR count). The largest absolute Gasteiger partial charge is 0.461 e. The number of piperidine rings is 2. The number of imide groups is 1. The van der Waals surface area contributed by atoms with Crippen molar-refractivity contribution >= 4 is 28.8 Å². The molecule has 2 amide bonds. The summed E-state index contributed by atoms with van der Waals surface area (Å²) in [5.41, 5.74) is 8.40. The number of imidazole rings is 1. The molecule has 3 aliphatic rings. The molecule has 3 fully saturated rings. The molecule has 206 valence electrons. The highest BCUT2D eigenvalue weighted by atomic mass is 16.5. The summed E-state index contributed by atoms with van der Waals surface area (Å²) in [4.78, 5) is 52.0. The molecule has 1 saturated carbocycles. The van der Waals surface area contributed by atoms with Crippen LogP contribution in [-0.4, -0.2) is 63.6 Å². The SMILES string of the molecule is C[C@@H](CN1CCC(c2ccc3c(c2)n(C)c(=O)n3C2CCC(=O)NC2=O)CC1)OC(=O)C1CCC(N)CC1. The second-order valence-corrected chi connectivity index (χ2v) is 11.4. The van der Waals surface area contributed by atoms with Crippen molar-refractivity contribution in [3.63, 3.8) is 0 Å². The number of aryl methyl sites for hydroxylation is 1. The molecule has 0 spiro atoms. The Balaban J connectivity index is 1.19. The van der Waals surface area contributed by atoms with Crippen LogP contribution in [-0.2, 0) is 26.2 Å². The number of nitrogens with zero attached hydrogens (tertiary/aromatic N) is 3. The van der Waals surface area contributed by atoms with Crippen LogP contribution in [0.2, 0.25) is 0 Å². The van der Waals surface area contributed by atoms with Crippen LogP contribution in [0, 0.1) is 5.92 Å². The van der Waals surface area contributed by atoms with Gasteiger partial charge in [-0.3, -0.25) is 33.7 Å². The molecular formula is C28H39N5O5. The first-order valence-corrected chi connectivity index (χ1v) is 13.9. The number of likely N-dealkylation sites (tertiary alicyclic amines) is 1. The first-order chi connectivity index (χ1) is 18.2. The Bertz CT molecular complexity index is 1270. The van der Waals surface area contributed by atoms with Crippen molar-refractivity contribution in [2.75, 3.05) is 19.6 Å². The van der Waals surface area contributed by atoms with Crippen molar-refractivity contribution in [2.24, 2.45) is 18.7 Å². The van der Waals surface area contributed by atoms with E-state index in [2.05, 4.69) is 22.3 Å². The van der Waals surface area contributed by atoms with Gasteiger partial charge in [-0.05, 0) is 88.6 Å². The number of fused-ring (bicyclic) bond motifs is 1. The van der Waals surface area contributed by atoms with Crippen molar-refractivity contribution in [1.82, 2.24) is 19.4 Å². The monoisotopic (exact) mass is 525 g/mol. The van der Waals surface area contributed by atoms with E-state index in [4.69, 9.17) is 10.5 Å². The number of esters is 1. The van der Waals surface area contributed by atoms with E-state index in [1.165, 1.54) is 10.1 Å². The zero-order valence-corrected chi connectivity index (χ0v) is 22.4. The first kappa shape index (κ1) is 26.6. The summed E-state index contributed by atoms with van der Waals surface area (Å²) in [6.45, 7) is 4.53. The summed E-state index contributed by atoms with van der Waals surface area (Å²) in [6.07, 6.45) is 5.80. The molecular weight excluding hydrogens is 486 g/mol. The van der Waals surface area contributed by atoms with E-state index in [1.54, 1.807) is 11.6 Å². The van der Waals surface area contributed by atoms with E-state index in [0.717, 1.165) is 63.7 Å². The Morgan fingerprint density at radius 3 is 2.45 bits per heavy atom. The van der Waals surface area contributed by atoms with Gasteiger partial charge in [-0.25, -0.2) is 4.79 Å². The number of aromatic nitrogens is 2. The van der Waals surface area contributed by atoms with Crippen molar-refractivity contribution in [1.29, 1.82) is 0 Å². The normalized spacial score (nSPS) is 26.3. The van der Waals surface area contributed by atoms with Gasteiger partial charge >= 0.3 is 11.7 Å². The van der Waals surface area contributed by atoms with Gasteiger partial charge in [0.15, 0.2) is 0 Å². The Kier molecular flexibility index (Phi) is 7.72. The first-order valence-electron chi connectivity index (χ1n) is 13.9. The van der Waals surface area contributed by atoms with E-state index in [-0.39, 0.29) is 42.1 Å². The third-order valence-electron chi connectivity index (χ3n) is 8.63. The van der Waals surface area contributed by atoms with Gasteiger partial charge in [0.05, 0.1) is 17.0 Å². The molecule has 2 aliphatic heterocycles. The van der Waals surface area contributed by atoms with Gasteiger partial charge < -0.3 is 10.5 Å². The fourth-order valence-corrected chi connectivity index (χ4v) is 6.36. The molecule has 2 atom stereocenters. The van der Waals surface area contributed by atoms with Crippen molar-refractivity contribution < 1.29 is 19.1 Å². The number of benzene rings is 1. The Morgan fingerprint density at radius 1 is 1.05 bits per heavy atom. The fraction of sp³-hybridized carbons (Fsp3) is 0.643. The lowest BCUT2D eigenvalue weighted by Crippen LogP contribution is -2.44. The number of amides is 2. The highest BCUT2D eigenvalue weighted by molar-refractivity contribution is 6.00. The smallest absolute Gasteiger partial charge is 0.329 e. The third kappa shape index (κ3) is 5.42. The number of rotatable bonds is 6. The molecule has 0 bridgehead atoms. The molecule has 1 unspecified atom stereocenters. The van der Waals surface area contributed by atoms with Gasteiger partial charge in [0, 0.05) is 26.1 Å². The second kappa shape index (κ2) is 11.0. The number of hydrogen-bond acceptors (Lipinski definition) is 7. The van der Waals surface area contributed by atoms with Crippen molar-refractivity contribution in [3.8, 4) is 0 Å². The number of nitrogens with one attached hydrogen (secondary N) is 1. The van der Waals surface area contributed by atoms with E-state index in [9.17, 15) is 19.2 Å². The minimum atomic E-state index is -0.676. The minimum Gasteiger partial charge on any atom is -0.461 e. The average molecular weight is 526 g/mol. The van der Waals surface area contributed by atoms with Crippen molar-refractivity contribution in [2.45, 2.75) is 82.4 Å². The Morgan fingerprint density at radius 2 is 1.76 bits per heavy atom. The predicted octanol–water partition coefficient (Wildman–Crippen LogP) is 1.95. The van der Waals surface area contributed by atoms with Crippen molar-refractivity contribution in [3.05, 3.63) is 34.2 Å². The molecule has 38 heavy (non-hydrogen) atoms. The lowest BCUT2D eigenvalue weighted by atomic mass is 9.86. The molecule has 10 nitrogen and oxygen atoms in total. The molecule has 0 radical (unpaired) electrons. The molecule has 1 aromatic heterocycles. The second-order valence-electron chi connectivity index (χ2n) is 11.4. The van der Waals surface area contributed by atoms with Crippen LogP contribution in [0.5, 0.6) is 0 Å². The molecule has 1 aromatic carbocycles. The highest BCUT2D eigenvalue weighted by Crippen LogP contribution is 2.32. The topological polar surface area (TPSA) is 129 Å². The van der Waals surface area contributed by atoms with E-state index in [0.29, 0.717) is 17.9 Å². The summed E-state index contributed by atoms with van der Waals surface area (Å²) in [6, 6.07) is 5.60. The van der Waals surface area contributed by atoms with Crippen LogP contribution >= 0.6 is 0 Å². The molecule has 10 heteroatoms. The minimum absolute atomic E-state index is 0.0151. The number of carbonyl (C=O) groups excluding carboxylic acids is 3. The summed E-state index contributed by atoms with van der Waals surface area (Å²) < 4.78 is 8.89. The number of nitrogens with two attached hydrogens (primary N) is 1. The fourth-order valence-electron chi connectivity index (χ4n) is 6.36. The van der Waals surface area contributed by atoms with Crippen LogP contribution in [0.3, 0.4) is 0 Å². The molecule has 2 aromatic rings. The van der Waals surface area contributed by atoms with E-state index in [1.807, 2.05) is 13.0 Å². The maximum Gasteiger partial charge on any atom is 0.329 e. The van der Waals surface area contributed by atoms with E-state index >= 15 is 0 Å². The lowest BCUT2D eigenvalue weighted by molar-refractivity contribution is -0.155. The summed E-state index contributed by atoms with van der Waals surface area (Å²) in [5.74, 6) is -0.444. The van der Waals surface area contributed by atoms with Crippen LogP contribution in [0.1, 0.15) is 75.8 Å². The predicted molar refractivity (Wildman–Crippen MR) is 143 cm³/mol. The van der Waals surface area contributed by atoms with Crippen LogP contribution in [0.25, 0.3) is 11.0 Å². The van der Waals surface area contributed by atoms with Gasteiger partial charge in [-0.1, -0.05) is 6.07 Å². The van der Waals surface area contributed by atoms with Gasteiger partial charge in [0.1, 0.15) is 12.1 Å². The van der Waals surface area contributed by atoms with Crippen LogP contribution in [0.4, 0.5) is 0 Å². The maximum absolute atomic E-state index is 13.1. The van der Waals surface area contributed by atoms with Gasteiger partial charge in [0.2, 0.25) is 11.8 Å². The molecule has 3 heterocycles. The summed E-state index contributed by atoms with van der Waals surface area (Å²) >= 11 is 0. The van der Waals surface area contributed by atoms with Crippen LogP contribution < -0.4 is 16.7 Å². The molecule has 2 saturated heterocycles. The lowest BCUT2D eigenvalue weighted by Gasteiger charge is -2.34. The van der Waals surface area contributed by atoms with Gasteiger partial charge in [-0.2, -0.15) is 0 Å². The number of hydrogen-bond donors (Lipinski definition) is 2. The summed E-state index contributed by atoms with van der Waals surface area (Å²) in [7, 11) is 1.73. The third-order valence-corrected chi connectivity index (χ3v) is 8.63. The number of ether oxygens (including phenoxy) is 1. The maximum atomic E-state index is 13.1. The standard InChI is InChI=1S/C28H39N5O5/c1-17(38-27(36)19-3-6-21(29)7-4-19)16-32-13-11-18(12-14-32)20-5-8-22-24(15-20)31(2)28(37)33(22)23-9-10-25(34)30-26(23)35/h5,8,15,17-19,21,23H,3-4,6-7,9-14,16,29H2,1-2H3,(H,30,34,35)/t17-,19?,21?,23?/m0/s1. The Hall–Kier alpha value is -2.98. The quantitative estimate of drug-likeness (QED) is 0.436. The van der Waals surface area contributed by atoms with Gasteiger partial charge in [0.25, 0.3) is 0 Å².